The third-order valence-electron chi connectivity index (χ3n) is 4.89. The molecule has 132 valence electrons. The number of hydrogen-bond donors (Lipinski definition) is 2. The van der Waals surface area contributed by atoms with Crippen LogP contribution in [0, 0.1) is 0 Å². The molecular formula is C19H23N3O2S. The van der Waals surface area contributed by atoms with E-state index in [9.17, 15) is 4.79 Å². The van der Waals surface area contributed by atoms with Crippen LogP contribution in [0.15, 0.2) is 24.3 Å². The molecular weight excluding hydrogens is 334 g/mol. The molecule has 0 fully saturated rings. The highest BCUT2D eigenvalue weighted by Gasteiger charge is 2.33. The number of nitrogens with zero attached hydrogens (tertiary/aromatic N) is 1. The minimum Gasteiger partial charge on any atom is -0.494 e. The minimum atomic E-state index is -0.196. The van der Waals surface area contributed by atoms with Crippen LogP contribution < -0.4 is 15.4 Å². The number of fused-ring (bicyclic) bond motifs is 3. The minimum absolute atomic E-state index is 0.0371. The zero-order valence-corrected chi connectivity index (χ0v) is 15.4. The van der Waals surface area contributed by atoms with Gasteiger partial charge in [0.25, 0.3) is 5.91 Å². The summed E-state index contributed by atoms with van der Waals surface area (Å²) in [6, 6.07) is 7.89. The van der Waals surface area contributed by atoms with E-state index >= 15 is 0 Å². The van der Waals surface area contributed by atoms with Gasteiger partial charge in [-0.05, 0) is 43.1 Å². The molecule has 3 heterocycles. The zero-order valence-electron chi connectivity index (χ0n) is 14.6. The Kier molecular flexibility index (Phi) is 4.39. The lowest BCUT2D eigenvalue weighted by molar-refractivity contribution is 0.0934. The Hall–Kier alpha value is -2.05. The molecule has 1 amide bonds. The Morgan fingerprint density at radius 3 is 2.76 bits per heavy atom. The number of amides is 1. The standard InChI is InChI=1S/C19H23N3O2S/c1-3-22-10-9-14-15(11-22)25-19-16(14)18(23)20-17(21-19)12-5-7-13(8-6-12)24-4-2/h5-8,17,21H,3-4,9-11H2,1-2H3,(H,20,23)/t17-/m1/s1. The molecule has 6 heteroatoms. The van der Waals surface area contributed by atoms with Gasteiger partial charge in [-0.1, -0.05) is 19.1 Å². The van der Waals surface area contributed by atoms with Gasteiger partial charge in [-0.15, -0.1) is 11.3 Å². The van der Waals surface area contributed by atoms with Crippen molar-refractivity contribution in [1.29, 1.82) is 0 Å². The number of nitrogens with one attached hydrogen (secondary N) is 2. The van der Waals surface area contributed by atoms with Gasteiger partial charge >= 0.3 is 0 Å². The molecule has 0 aliphatic carbocycles. The number of ether oxygens (including phenoxy) is 1. The van der Waals surface area contributed by atoms with E-state index in [4.69, 9.17) is 4.74 Å². The van der Waals surface area contributed by atoms with Gasteiger partial charge in [0.2, 0.25) is 0 Å². The number of likely N-dealkylation sites (N-methyl/N-ethyl adjacent to an activating group) is 1. The molecule has 0 saturated heterocycles. The van der Waals surface area contributed by atoms with E-state index in [0.29, 0.717) is 6.61 Å². The van der Waals surface area contributed by atoms with Crippen LogP contribution in [0.2, 0.25) is 0 Å². The van der Waals surface area contributed by atoms with E-state index in [0.717, 1.165) is 47.9 Å². The summed E-state index contributed by atoms with van der Waals surface area (Å²) in [5.74, 6) is 0.885. The number of thiophene rings is 1. The third-order valence-corrected chi connectivity index (χ3v) is 6.03. The molecule has 1 atom stereocenters. The van der Waals surface area contributed by atoms with Gasteiger partial charge in [0.05, 0.1) is 12.2 Å². The molecule has 4 rings (SSSR count). The first-order chi connectivity index (χ1) is 12.2. The number of hydrogen-bond acceptors (Lipinski definition) is 5. The summed E-state index contributed by atoms with van der Waals surface area (Å²) in [6.07, 6.45) is 0.760. The van der Waals surface area contributed by atoms with Crippen LogP contribution in [0.1, 0.15) is 46.4 Å². The second-order valence-electron chi connectivity index (χ2n) is 6.38. The Morgan fingerprint density at radius 2 is 2.04 bits per heavy atom. The summed E-state index contributed by atoms with van der Waals surface area (Å²) in [6.45, 7) is 7.84. The van der Waals surface area contributed by atoms with Crippen LogP contribution in [0.3, 0.4) is 0 Å². The number of carbonyl (C=O) groups excluding carboxylic acids is 1. The fourth-order valence-electron chi connectivity index (χ4n) is 3.53. The Morgan fingerprint density at radius 1 is 1.24 bits per heavy atom. The zero-order chi connectivity index (χ0) is 17.4. The molecule has 1 aromatic carbocycles. The van der Waals surface area contributed by atoms with Crippen molar-refractivity contribution in [2.75, 3.05) is 25.0 Å². The molecule has 2 aromatic rings. The van der Waals surface area contributed by atoms with Crippen molar-refractivity contribution in [2.45, 2.75) is 33.0 Å². The number of anilines is 1. The summed E-state index contributed by atoms with van der Waals surface area (Å²) in [4.78, 5) is 16.5. The summed E-state index contributed by atoms with van der Waals surface area (Å²) in [5, 5.41) is 7.62. The van der Waals surface area contributed by atoms with Crippen LogP contribution in [-0.2, 0) is 13.0 Å². The average Bonchev–Trinajstić information content (AvgIpc) is 3.00. The molecule has 0 spiro atoms. The normalized spacial score (nSPS) is 19.6. The van der Waals surface area contributed by atoms with Crippen LogP contribution in [0.25, 0.3) is 0 Å². The monoisotopic (exact) mass is 357 g/mol. The summed E-state index contributed by atoms with van der Waals surface area (Å²) >= 11 is 1.73. The first-order valence-electron chi connectivity index (χ1n) is 8.86. The molecule has 0 saturated carbocycles. The summed E-state index contributed by atoms with van der Waals surface area (Å²) in [7, 11) is 0. The first kappa shape index (κ1) is 16.4. The summed E-state index contributed by atoms with van der Waals surface area (Å²) < 4.78 is 5.49. The van der Waals surface area contributed by atoms with Crippen molar-refractivity contribution >= 4 is 22.2 Å². The van der Waals surface area contributed by atoms with Crippen LogP contribution in [-0.4, -0.2) is 30.5 Å². The SMILES string of the molecule is CCOc1ccc([C@@H]2NC(=O)c3c(sc4c3CCN(CC)C4)N2)cc1. The quantitative estimate of drug-likeness (QED) is 0.881. The van der Waals surface area contributed by atoms with E-state index in [1.54, 1.807) is 11.3 Å². The number of carbonyl (C=O) groups is 1. The van der Waals surface area contributed by atoms with E-state index in [-0.39, 0.29) is 12.1 Å². The molecule has 0 radical (unpaired) electrons. The molecule has 25 heavy (non-hydrogen) atoms. The smallest absolute Gasteiger partial charge is 0.256 e. The maximum atomic E-state index is 12.7. The average molecular weight is 357 g/mol. The van der Waals surface area contributed by atoms with Crippen LogP contribution >= 0.6 is 11.3 Å². The predicted molar refractivity (Wildman–Crippen MR) is 100 cm³/mol. The van der Waals surface area contributed by atoms with Gasteiger partial charge in [-0.25, -0.2) is 0 Å². The second-order valence-corrected chi connectivity index (χ2v) is 7.48. The van der Waals surface area contributed by atoms with Crippen molar-refractivity contribution in [3.63, 3.8) is 0 Å². The van der Waals surface area contributed by atoms with Crippen molar-refractivity contribution in [3.05, 3.63) is 45.8 Å². The van der Waals surface area contributed by atoms with Crippen LogP contribution in [0.4, 0.5) is 5.00 Å². The van der Waals surface area contributed by atoms with Gasteiger partial charge in [0.15, 0.2) is 0 Å². The maximum Gasteiger partial charge on any atom is 0.256 e. The fraction of sp³-hybridized carbons (Fsp3) is 0.421. The Balaban J connectivity index is 1.59. The van der Waals surface area contributed by atoms with Gasteiger partial charge in [-0.3, -0.25) is 9.69 Å². The second kappa shape index (κ2) is 6.69. The largest absolute Gasteiger partial charge is 0.494 e. The molecule has 0 bridgehead atoms. The van der Waals surface area contributed by atoms with Gasteiger partial charge < -0.3 is 15.4 Å². The van der Waals surface area contributed by atoms with Crippen molar-refractivity contribution in [2.24, 2.45) is 0 Å². The molecule has 1 aromatic heterocycles. The molecule has 5 nitrogen and oxygen atoms in total. The Bertz CT molecular complexity index is 785. The fourth-order valence-corrected chi connectivity index (χ4v) is 4.84. The van der Waals surface area contributed by atoms with E-state index in [2.05, 4.69) is 22.5 Å². The van der Waals surface area contributed by atoms with E-state index in [1.165, 1.54) is 10.4 Å². The highest BCUT2D eigenvalue weighted by Crippen LogP contribution is 2.40. The lowest BCUT2D eigenvalue weighted by Crippen LogP contribution is -2.38. The third kappa shape index (κ3) is 3.00. The van der Waals surface area contributed by atoms with E-state index < -0.39 is 0 Å². The van der Waals surface area contributed by atoms with Crippen molar-refractivity contribution < 1.29 is 9.53 Å². The number of benzene rings is 1. The molecule has 2 aliphatic heterocycles. The molecule has 2 aliphatic rings. The maximum absolute atomic E-state index is 12.7. The summed E-state index contributed by atoms with van der Waals surface area (Å²) in [5.41, 5.74) is 3.13. The predicted octanol–water partition coefficient (Wildman–Crippen LogP) is 3.38. The molecule has 2 N–H and O–H groups in total. The van der Waals surface area contributed by atoms with Crippen molar-refractivity contribution in [1.82, 2.24) is 10.2 Å². The van der Waals surface area contributed by atoms with Crippen molar-refractivity contribution in [3.8, 4) is 5.75 Å². The van der Waals surface area contributed by atoms with Gasteiger partial charge in [0, 0.05) is 18.0 Å². The number of rotatable bonds is 4. The molecule has 0 unspecified atom stereocenters. The van der Waals surface area contributed by atoms with E-state index in [1.807, 2.05) is 31.2 Å². The lowest BCUT2D eigenvalue weighted by Gasteiger charge is -2.28. The van der Waals surface area contributed by atoms with Gasteiger partial charge in [0.1, 0.15) is 16.9 Å². The topological polar surface area (TPSA) is 53.6 Å². The van der Waals surface area contributed by atoms with Gasteiger partial charge in [-0.2, -0.15) is 0 Å². The van der Waals surface area contributed by atoms with Crippen LogP contribution in [0.5, 0.6) is 5.75 Å². The lowest BCUT2D eigenvalue weighted by atomic mass is 10.0. The highest BCUT2D eigenvalue weighted by molar-refractivity contribution is 7.16. The highest BCUT2D eigenvalue weighted by atomic mass is 32.1. The first-order valence-corrected chi connectivity index (χ1v) is 9.68. The Labute approximate surface area is 152 Å².